The molecule has 0 aliphatic carbocycles. The molecule has 0 radical (unpaired) electrons. The Balaban J connectivity index is 2.01. The zero-order chi connectivity index (χ0) is 20.4. The van der Waals surface area contributed by atoms with Gasteiger partial charge in [-0.05, 0) is 62.8 Å². The maximum absolute atomic E-state index is 5.70. The van der Waals surface area contributed by atoms with Crippen molar-refractivity contribution in [2.75, 3.05) is 25.1 Å². The van der Waals surface area contributed by atoms with Crippen LogP contribution in [0.25, 0.3) is 0 Å². The number of hydrogen-bond acceptors (Lipinski definition) is 4. The number of hydrogen-bond donors (Lipinski definition) is 2. The Morgan fingerprint density at radius 3 is 2.54 bits per heavy atom. The fraction of sp³-hybridized carbons (Fsp3) is 0.318. The van der Waals surface area contributed by atoms with Gasteiger partial charge in [-0.15, -0.1) is 0 Å². The number of nitrogens with one attached hydrogen (secondary N) is 2. The Hall–Kier alpha value is -2.73. The summed E-state index contributed by atoms with van der Waals surface area (Å²) in [6.07, 6.45) is 1.71. The van der Waals surface area contributed by atoms with E-state index in [-0.39, 0.29) is 6.04 Å². The summed E-state index contributed by atoms with van der Waals surface area (Å²) >= 11 is 5.46. The SMILES string of the molecule is C=CCOc1cccc(NC(=S)N[C@H](C)c2ccc(OCC)c(OCC)c2)c1. The van der Waals surface area contributed by atoms with Crippen LogP contribution in [-0.4, -0.2) is 24.9 Å². The molecule has 0 spiro atoms. The molecule has 0 bridgehead atoms. The Labute approximate surface area is 172 Å². The number of ether oxygens (including phenoxy) is 3. The van der Waals surface area contributed by atoms with E-state index in [9.17, 15) is 0 Å². The minimum absolute atomic E-state index is 0.00455. The zero-order valence-electron chi connectivity index (χ0n) is 16.7. The van der Waals surface area contributed by atoms with Crippen LogP contribution in [0.5, 0.6) is 17.2 Å². The molecule has 2 N–H and O–H groups in total. The third-order valence-electron chi connectivity index (χ3n) is 3.87. The van der Waals surface area contributed by atoms with Gasteiger partial charge in [0.15, 0.2) is 16.6 Å². The number of anilines is 1. The molecule has 2 rings (SSSR count). The van der Waals surface area contributed by atoms with Crippen LogP contribution in [0.15, 0.2) is 55.1 Å². The molecule has 1 atom stereocenters. The van der Waals surface area contributed by atoms with Gasteiger partial charge in [0.05, 0.1) is 19.3 Å². The molecule has 0 saturated heterocycles. The Morgan fingerprint density at radius 2 is 1.82 bits per heavy atom. The van der Waals surface area contributed by atoms with Gasteiger partial charge in [-0.1, -0.05) is 24.8 Å². The molecular formula is C22H28N2O3S. The minimum atomic E-state index is -0.00455. The van der Waals surface area contributed by atoms with Gasteiger partial charge in [-0.3, -0.25) is 0 Å². The first-order valence-corrected chi connectivity index (χ1v) is 9.79. The van der Waals surface area contributed by atoms with Gasteiger partial charge in [0.2, 0.25) is 0 Å². The first-order valence-electron chi connectivity index (χ1n) is 9.38. The van der Waals surface area contributed by atoms with Crippen LogP contribution in [0, 0.1) is 0 Å². The van der Waals surface area contributed by atoms with Crippen molar-refractivity contribution in [2.45, 2.75) is 26.8 Å². The van der Waals surface area contributed by atoms with Gasteiger partial charge in [0, 0.05) is 11.8 Å². The smallest absolute Gasteiger partial charge is 0.171 e. The van der Waals surface area contributed by atoms with E-state index in [4.69, 9.17) is 26.4 Å². The standard InChI is InChI=1S/C22H28N2O3S/c1-5-13-27-19-10-8-9-18(15-19)24-22(28)23-16(4)17-11-12-20(25-6-2)21(14-17)26-7-3/h5,8-12,14-16H,1,6-7,13H2,2-4H3,(H2,23,24,28)/t16-/m1/s1. The molecular weight excluding hydrogens is 372 g/mol. The lowest BCUT2D eigenvalue weighted by atomic mass is 10.1. The molecule has 0 amide bonds. The van der Waals surface area contributed by atoms with E-state index in [1.54, 1.807) is 6.08 Å². The minimum Gasteiger partial charge on any atom is -0.490 e. The highest BCUT2D eigenvalue weighted by atomic mass is 32.1. The highest BCUT2D eigenvalue weighted by molar-refractivity contribution is 7.80. The second-order valence-corrected chi connectivity index (χ2v) is 6.43. The molecule has 0 heterocycles. The summed E-state index contributed by atoms with van der Waals surface area (Å²) in [4.78, 5) is 0. The summed E-state index contributed by atoms with van der Waals surface area (Å²) in [5.41, 5.74) is 1.91. The topological polar surface area (TPSA) is 51.8 Å². The molecule has 150 valence electrons. The van der Waals surface area contributed by atoms with E-state index in [0.29, 0.717) is 24.9 Å². The Bertz CT molecular complexity index is 795. The van der Waals surface area contributed by atoms with Crippen LogP contribution in [0.3, 0.4) is 0 Å². The third kappa shape index (κ3) is 6.46. The molecule has 0 saturated carbocycles. The molecule has 0 aliphatic rings. The number of rotatable bonds is 10. The molecule has 28 heavy (non-hydrogen) atoms. The van der Waals surface area contributed by atoms with E-state index in [1.807, 2.05) is 63.2 Å². The Kier molecular flexibility index (Phi) is 8.62. The van der Waals surface area contributed by atoms with Gasteiger partial charge in [0.1, 0.15) is 12.4 Å². The largest absolute Gasteiger partial charge is 0.490 e. The molecule has 2 aromatic rings. The summed E-state index contributed by atoms with van der Waals surface area (Å²) in [6.45, 7) is 11.2. The molecule has 6 heteroatoms. The van der Waals surface area contributed by atoms with Crippen molar-refractivity contribution >= 4 is 23.0 Å². The molecule has 0 fully saturated rings. The molecule has 5 nitrogen and oxygen atoms in total. The lowest BCUT2D eigenvalue weighted by Crippen LogP contribution is -2.30. The second kappa shape index (κ2) is 11.2. The van der Waals surface area contributed by atoms with Gasteiger partial charge in [-0.2, -0.15) is 0 Å². The highest BCUT2D eigenvalue weighted by Crippen LogP contribution is 2.30. The predicted octanol–water partition coefficient (Wildman–Crippen LogP) is 5.10. The summed E-state index contributed by atoms with van der Waals surface area (Å²) in [6, 6.07) is 13.6. The maximum Gasteiger partial charge on any atom is 0.171 e. The Morgan fingerprint density at radius 1 is 1.07 bits per heavy atom. The second-order valence-electron chi connectivity index (χ2n) is 6.02. The summed E-state index contributed by atoms with van der Waals surface area (Å²) in [5.74, 6) is 2.24. The highest BCUT2D eigenvalue weighted by Gasteiger charge is 2.12. The van der Waals surface area contributed by atoms with Crippen LogP contribution in [0.1, 0.15) is 32.4 Å². The zero-order valence-corrected chi connectivity index (χ0v) is 17.5. The van der Waals surface area contributed by atoms with Gasteiger partial charge in [-0.25, -0.2) is 0 Å². The van der Waals surface area contributed by atoms with Crippen molar-refractivity contribution in [3.8, 4) is 17.2 Å². The summed E-state index contributed by atoms with van der Waals surface area (Å²) < 4.78 is 16.9. The molecule has 0 aliphatic heterocycles. The van der Waals surface area contributed by atoms with Crippen molar-refractivity contribution in [3.63, 3.8) is 0 Å². The average Bonchev–Trinajstić information content (AvgIpc) is 2.68. The quantitative estimate of drug-likeness (QED) is 0.428. The van der Waals surface area contributed by atoms with Crippen LogP contribution < -0.4 is 24.8 Å². The van der Waals surface area contributed by atoms with Crippen LogP contribution in [-0.2, 0) is 0 Å². The number of benzene rings is 2. The fourth-order valence-electron chi connectivity index (χ4n) is 2.60. The normalized spacial score (nSPS) is 11.2. The van der Waals surface area contributed by atoms with Crippen LogP contribution in [0.4, 0.5) is 5.69 Å². The molecule has 0 aromatic heterocycles. The molecule has 0 unspecified atom stereocenters. The van der Waals surface area contributed by atoms with Crippen LogP contribution in [0.2, 0.25) is 0 Å². The lowest BCUT2D eigenvalue weighted by molar-refractivity contribution is 0.287. The van der Waals surface area contributed by atoms with E-state index < -0.39 is 0 Å². The maximum atomic E-state index is 5.70. The monoisotopic (exact) mass is 400 g/mol. The van der Waals surface area contributed by atoms with E-state index in [0.717, 1.165) is 28.5 Å². The van der Waals surface area contributed by atoms with Crippen molar-refractivity contribution in [2.24, 2.45) is 0 Å². The number of thiocarbonyl (C=S) groups is 1. The van der Waals surface area contributed by atoms with E-state index in [1.165, 1.54) is 0 Å². The van der Waals surface area contributed by atoms with Crippen molar-refractivity contribution in [1.29, 1.82) is 0 Å². The summed E-state index contributed by atoms with van der Waals surface area (Å²) in [7, 11) is 0. The van der Waals surface area contributed by atoms with E-state index in [2.05, 4.69) is 17.2 Å². The van der Waals surface area contributed by atoms with E-state index >= 15 is 0 Å². The first-order chi connectivity index (χ1) is 13.6. The van der Waals surface area contributed by atoms with Crippen molar-refractivity contribution in [3.05, 3.63) is 60.7 Å². The average molecular weight is 401 g/mol. The van der Waals surface area contributed by atoms with Gasteiger partial charge >= 0.3 is 0 Å². The van der Waals surface area contributed by atoms with Gasteiger partial charge in [0.25, 0.3) is 0 Å². The third-order valence-corrected chi connectivity index (χ3v) is 4.09. The van der Waals surface area contributed by atoms with Gasteiger partial charge < -0.3 is 24.8 Å². The van der Waals surface area contributed by atoms with Crippen molar-refractivity contribution < 1.29 is 14.2 Å². The van der Waals surface area contributed by atoms with Crippen LogP contribution >= 0.6 is 12.2 Å². The molecule has 2 aromatic carbocycles. The predicted molar refractivity (Wildman–Crippen MR) is 119 cm³/mol. The lowest BCUT2D eigenvalue weighted by Gasteiger charge is -2.19. The fourth-order valence-corrected chi connectivity index (χ4v) is 2.90. The first kappa shape index (κ1) is 21.6. The van der Waals surface area contributed by atoms with Crippen molar-refractivity contribution in [1.82, 2.24) is 5.32 Å². The summed E-state index contributed by atoms with van der Waals surface area (Å²) in [5, 5.41) is 7.01.